The quantitative estimate of drug-likeness (QED) is 0.744. The Balaban J connectivity index is 3.06. The molecule has 1 aromatic carbocycles. The summed E-state index contributed by atoms with van der Waals surface area (Å²) in [7, 11) is 1.90. The molecule has 0 fully saturated rings. The van der Waals surface area contributed by atoms with Crippen LogP contribution in [0.15, 0.2) is 36.8 Å². The SMILES string of the molecule is C=C(C)NC(=C)Nc1cc(C)c(C)cc1N(C)OCC. The highest BCUT2D eigenvalue weighted by atomic mass is 16.7. The van der Waals surface area contributed by atoms with Crippen LogP contribution < -0.4 is 15.7 Å². The minimum absolute atomic E-state index is 0.619. The molecule has 0 radical (unpaired) electrons. The molecule has 0 aliphatic rings. The third-order valence-electron chi connectivity index (χ3n) is 2.92. The van der Waals surface area contributed by atoms with Gasteiger partial charge in [0.15, 0.2) is 0 Å². The van der Waals surface area contributed by atoms with Crippen molar-refractivity contribution < 1.29 is 4.84 Å². The highest BCUT2D eigenvalue weighted by molar-refractivity contribution is 5.72. The number of anilines is 2. The fourth-order valence-corrected chi connectivity index (χ4v) is 1.88. The van der Waals surface area contributed by atoms with E-state index < -0.39 is 0 Å². The van der Waals surface area contributed by atoms with E-state index in [1.807, 2.05) is 20.9 Å². The monoisotopic (exact) mass is 275 g/mol. The average molecular weight is 275 g/mol. The standard InChI is InChI=1S/C16H25N3O/c1-8-20-19(7)16-10-13(5)12(4)9-15(16)18-14(6)17-11(2)3/h9-10,17-18H,2,6,8H2,1,3-5,7H3. The number of allylic oxidation sites excluding steroid dienone is 1. The van der Waals surface area contributed by atoms with Crippen molar-refractivity contribution in [3.63, 3.8) is 0 Å². The maximum Gasteiger partial charge on any atom is 0.0999 e. The van der Waals surface area contributed by atoms with Crippen LogP contribution >= 0.6 is 0 Å². The molecule has 20 heavy (non-hydrogen) atoms. The average Bonchev–Trinajstić information content (AvgIpc) is 2.32. The van der Waals surface area contributed by atoms with Crippen LogP contribution in [0.2, 0.25) is 0 Å². The van der Waals surface area contributed by atoms with Gasteiger partial charge in [-0.2, -0.15) is 0 Å². The van der Waals surface area contributed by atoms with Crippen molar-refractivity contribution in [2.75, 3.05) is 24.0 Å². The van der Waals surface area contributed by atoms with Crippen LogP contribution in [0.3, 0.4) is 0 Å². The van der Waals surface area contributed by atoms with Gasteiger partial charge in [-0.25, -0.2) is 0 Å². The van der Waals surface area contributed by atoms with E-state index in [9.17, 15) is 0 Å². The van der Waals surface area contributed by atoms with Gasteiger partial charge >= 0.3 is 0 Å². The van der Waals surface area contributed by atoms with Crippen molar-refractivity contribution in [3.05, 3.63) is 47.9 Å². The van der Waals surface area contributed by atoms with Crippen molar-refractivity contribution in [1.29, 1.82) is 0 Å². The van der Waals surface area contributed by atoms with Gasteiger partial charge in [0.25, 0.3) is 0 Å². The first kappa shape index (κ1) is 16.1. The van der Waals surface area contributed by atoms with E-state index in [1.54, 1.807) is 5.06 Å². The van der Waals surface area contributed by atoms with Crippen LogP contribution in [0.1, 0.15) is 25.0 Å². The lowest BCUT2D eigenvalue weighted by Gasteiger charge is -2.24. The summed E-state index contributed by atoms with van der Waals surface area (Å²) in [5, 5.41) is 8.09. The second-order valence-corrected chi connectivity index (χ2v) is 4.88. The van der Waals surface area contributed by atoms with Crippen molar-refractivity contribution >= 4 is 11.4 Å². The fraction of sp³-hybridized carbons (Fsp3) is 0.375. The normalized spacial score (nSPS) is 10.1. The summed E-state index contributed by atoms with van der Waals surface area (Å²) in [6, 6.07) is 4.19. The highest BCUT2D eigenvalue weighted by Gasteiger charge is 2.11. The Morgan fingerprint density at radius 3 is 2.40 bits per heavy atom. The molecular weight excluding hydrogens is 250 g/mol. The lowest BCUT2D eigenvalue weighted by Crippen LogP contribution is -2.21. The third kappa shape index (κ3) is 4.31. The lowest BCUT2D eigenvalue weighted by molar-refractivity contribution is 0.135. The zero-order chi connectivity index (χ0) is 15.3. The number of benzene rings is 1. The molecule has 4 heteroatoms. The van der Waals surface area contributed by atoms with Gasteiger partial charge in [-0.1, -0.05) is 13.2 Å². The maximum atomic E-state index is 5.55. The van der Waals surface area contributed by atoms with E-state index in [4.69, 9.17) is 4.84 Å². The van der Waals surface area contributed by atoms with Crippen molar-refractivity contribution in [1.82, 2.24) is 5.32 Å². The molecule has 0 unspecified atom stereocenters. The van der Waals surface area contributed by atoms with E-state index in [0.717, 1.165) is 17.1 Å². The van der Waals surface area contributed by atoms with Crippen LogP contribution in [0.5, 0.6) is 0 Å². The highest BCUT2D eigenvalue weighted by Crippen LogP contribution is 2.29. The molecule has 1 rings (SSSR count). The largest absolute Gasteiger partial charge is 0.347 e. The van der Waals surface area contributed by atoms with E-state index in [2.05, 4.69) is 49.8 Å². The van der Waals surface area contributed by atoms with Gasteiger partial charge < -0.3 is 10.6 Å². The molecule has 0 heterocycles. The van der Waals surface area contributed by atoms with E-state index in [1.165, 1.54) is 11.1 Å². The van der Waals surface area contributed by atoms with Crippen molar-refractivity contribution in [2.24, 2.45) is 0 Å². The molecule has 0 amide bonds. The van der Waals surface area contributed by atoms with Gasteiger partial charge in [-0.15, -0.1) is 0 Å². The second-order valence-electron chi connectivity index (χ2n) is 4.88. The summed E-state index contributed by atoms with van der Waals surface area (Å²) < 4.78 is 0. The zero-order valence-electron chi connectivity index (χ0n) is 13.1. The topological polar surface area (TPSA) is 36.5 Å². The number of nitrogens with zero attached hydrogens (tertiary/aromatic N) is 1. The molecule has 0 saturated carbocycles. The Bertz CT molecular complexity index is 509. The summed E-state index contributed by atoms with van der Waals surface area (Å²) in [4.78, 5) is 5.55. The predicted octanol–water partition coefficient (Wildman–Crippen LogP) is 3.70. The number of aryl methyl sites for hydroxylation is 2. The molecule has 0 spiro atoms. The molecule has 0 atom stereocenters. The molecule has 0 aromatic heterocycles. The first-order valence-electron chi connectivity index (χ1n) is 6.71. The Morgan fingerprint density at radius 1 is 1.25 bits per heavy atom. The summed E-state index contributed by atoms with van der Waals surface area (Å²) in [5.41, 5.74) is 5.19. The van der Waals surface area contributed by atoms with Gasteiger partial charge in [-0.3, -0.25) is 9.90 Å². The third-order valence-corrected chi connectivity index (χ3v) is 2.92. The summed E-state index contributed by atoms with van der Waals surface area (Å²) in [6.07, 6.45) is 0. The predicted molar refractivity (Wildman–Crippen MR) is 86.7 cm³/mol. The fourth-order valence-electron chi connectivity index (χ4n) is 1.88. The smallest absolute Gasteiger partial charge is 0.0999 e. The Hall–Kier alpha value is -1.94. The Kier molecular flexibility index (Phi) is 5.65. The van der Waals surface area contributed by atoms with E-state index in [-0.39, 0.29) is 0 Å². The molecule has 110 valence electrons. The van der Waals surface area contributed by atoms with Gasteiger partial charge in [0.05, 0.1) is 23.8 Å². The van der Waals surface area contributed by atoms with E-state index >= 15 is 0 Å². The Morgan fingerprint density at radius 2 is 1.85 bits per heavy atom. The molecule has 2 N–H and O–H groups in total. The van der Waals surface area contributed by atoms with Crippen LogP contribution in [0, 0.1) is 13.8 Å². The first-order chi connectivity index (χ1) is 9.35. The molecule has 0 aliphatic carbocycles. The number of hydrogen-bond donors (Lipinski definition) is 2. The van der Waals surface area contributed by atoms with Crippen LogP contribution in [-0.2, 0) is 4.84 Å². The Labute approximate surface area is 122 Å². The molecule has 4 nitrogen and oxygen atoms in total. The van der Waals surface area contributed by atoms with Crippen LogP contribution in [0.4, 0.5) is 11.4 Å². The molecule has 0 saturated heterocycles. The minimum Gasteiger partial charge on any atom is -0.347 e. The number of rotatable bonds is 7. The van der Waals surface area contributed by atoms with Gasteiger partial charge in [0, 0.05) is 12.7 Å². The molecular formula is C16H25N3O. The summed E-state index contributed by atoms with van der Waals surface area (Å²) in [5.74, 6) is 0.687. The lowest BCUT2D eigenvalue weighted by atomic mass is 10.1. The van der Waals surface area contributed by atoms with Crippen molar-refractivity contribution in [2.45, 2.75) is 27.7 Å². The maximum absolute atomic E-state index is 5.55. The number of hydroxylamine groups is 1. The van der Waals surface area contributed by atoms with Crippen molar-refractivity contribution in [3.8, 4) is 0 Å². The molecule has 0 bridgehead atoms. The number of nitrogens with one attached hydrogen (secondary N) is 2. The van der Waals surface area contributed by atoms with E-state index in [0.29, 0.717) is 12.4 Å². The summed E-state index contributed by atoms with van der Waals surface area (Å²) in [6.45, 7) is 16.4. The minimum atomic E-state index is 0.619. The first-order valence-corrected chi connectivity index (χ1v) is 6.71. The molecule has 1 aromatic rings. The number of hydrogen-bond acceptors (Lipinski definition) is 4. The van der Waals surface area contributed by atoms with Crippen LogP contribution in [-0.4, -0.2) is 13.7 Å². The second kappa shape index (κ2) is 7.01. The van der Waals surface area contributed by atoms with Gasteiger partial charge in [0.2, 0.25) is 0 Å². The van der Waals surface area contributed by atoms with Gasteiger partial charge in [0.1, 0.15) is 0 Å². The van der Waals surface area contributed by atoms with Crippen LogP contribution in [0.25, 0.3) is 0 Å². The molecule has 0 aliphatic heterocycles. The summed E-state index contributed by atoms with van der Waals surface area (Å²) >= 11 is 0. The zero-order valence-corrected chi connectivity index (χ0v) is 13.1. The van der Waals surface area contributed by atoms with Gasteiger partial charge in [-0.05, 0) is 51.0 Å².